The number of hydrogen-bond donors (Lipinski definition) is 2. The van der Waals surface area contributed by atoms with Crippen molar-refractivity contribution < 1.29 is 19.1 Å². The number of nitrogens with zero attached hydrogens (tertiary/aromatic N) is 4. The van der Waals surface area contributed by atoms with Crippen LogP contribution in [0.15, 0.2) is 79.0 Å². The number of fused-ring (bicyclic) bond motifs is 1. The maximum atomic E-state index is 12.3. The normalized spacial score (nSPS) is 13.6. The molecule has 0 atom stereocenters. The summed E-state index contributed by atoms with van der Waals surface area (Å²) in [5.74, 6) is -0.233. The maximum Gasteiger partial charge on any atom is 0.325 e. The number of rotatable bonds is 13. The zero-order valence-electron chi connectivity index (χ0n) is 24.8. The number of carbonyl (C=O) groups excluding carboxylic acids is 2. The Balaban J connectivity index is 0.00000264. The van der Waals surface area contributed by atoms with Crippen LogP contribution in [0, 0.1) is 0 Å². The van der Waals surface area contributed by atoms with Gasteiger partial charge in [0.2, 0.25) is 0 Å². The summed E-state index contributed by atoms with van der Waals surface area (Å²) in [7, 11) is 0. The summed E-state index contributed by atoms with van der Waals surface area (Å²) in [6, 6.07) is 24.6. The minimum Gasteiger partial charge on any atom is -0.465 e. The van der Waals surface area contributed by atoms with Crippen LogP contribution in [0.4, 0.5) is 5.82 Å². The third-order valence-corrected chi connectivity index (χ3v) is 7.28. The van der Waals surface area contributed by atoms with Gasteiger partial charge in [-0.05, 0) is 56.0 Å². The molecular weight excluding hydrogens is 603 g/mol. The van der Waals surface area contributed by atoms with E-state index in [1.54, 1.807) is 23.7 Å². The number of aromatic nitrogens is 3. The molecule has 44 heavy (non-hydrogen) atoms. The van der Waals surface area contributed by atoms with Crippen molar-refractivity contribution in [2.75, 3.05) is 44.6 Å². The van der Waals surface area contributed by atoms with Gasteiger partial charge in [0, 0.05) is 19.6 Å². The standard InChI is InChI=1S/C32H38N6O4.2ClH/c1-2-41-30(39)22-34-32(40)27-23-38-29(35-27)15-14-28(36-38)33-18-9-19-37-20-16-26(17-21-37)42-31(24-10-5-3-6-11-24)25-12-7-4-8-13-25;;/h3-8,10-15,23,26,31H,2,9,16-22H2,1H3,(H,33,36)(H,34,40);2*1H. The molecule has 0 spiro atoms. The predicted octanol–water partition coefficient (Wildman–Crippen LogP) is 4.94. The van der Waals surface area contributed by atoms with Crippen molar-refractivity contribution in [1.29, 1.82) is 0 Å². The summed E-state index contributed by atoms with van der Waals surface area (Å²) in [5.41, 5.74) is 3.12. The van der Waals surface area contributed by atoms with Gasteiger partial charge in [-0.25, -0.2) is 9.50 Å². The first-order valence-electron chi connectivity index (χ1n) is 14.6. The monoisotopic (exact) mass is 642 g/mol. The zero-order chi connectivity index (χ0) is 29.1. The Hall–Kier alpha value is -3.70. The van der Waals surface area contributed by atoms with Crippen molar-refractivity contribution in [3.05, 3.63) is 95.8 Å². The van der Waals surface area contributed by atoms with Crippen LogP contribution in [0.1, 0.15) is 53.9 Å². The molecule has 1 aliphatic rings. The molecule has 0 unspecified atom stereocenters. The molecule has 5 rings (SSSR count). The quantitative estimate of drug-likeness (QED) is 0.156. The van der Waals surface area contributed by atoms with Crippen molar-refractivity contribution in [2.24, 2.45) is 0 Å². The number of carbonyl (C=O) groups is 2. The third kappa shape index (κ3) is 9.65. The van der Waals surface area contributed by atoms with Crippen molar-refractivity contribution in [3.8, 4) is 0 Å². The number of hydrogen-bond acceptors (Lipinski definition) is 8. The molecule has 3 heterocycles. The molecule has 0 bridgehead atoms. The Bertz CT molecular complexity index is 1410. The topological polar surface area (TPSA) is 110 Å². The Morgan fingerprint density at radius 1 is 0.955 bits per heavy atom. The number of amides is 1. The Morgan fingerprint density at radius 3 is 2.25 bits per heavy atom. The van der Waals surface area contributed by atoms with Gasteiger partial charge < -0.3 is 25.0 Å². The molecule has 1 aliphatic heterocycles. The van der Waals surface area contributed by atoms with Crippen LogP contribution in [-0.4, -0.2) is 76.8 Å². The van der Waals surface area contributed by atoms with Crippen LogP contribution < -0.4 is 10.6 Å². The molecular formula is C32H40Cl2N6O4. The molecule has 2 aromatic carbocycles. The van der Waals surface area contributed by atoms with Crippen LogP contribution in [0.2, 0.25) is 0 Å². The van der Waals surface area contributed by atoms with Gasteiger partial charge in [0.15, 0.2) is 5.65 Å². The Kier molecular flexibility index (Phi) is 13.9. The van der Waals surface area contributed by atoms with Gasteiger partial charge in [-0.1, -0.05) is 60.7 Å². The van der Waals surface area contributed by atoms with Crippen LogP contribution in [-0.2, 0) is 14.3 Å². The molecule has 1 saturated heterocycles. The lowest BCUT2D eigenvalue weighted by Crippen LogP contribution is -2.38. The summed E-state index contributed by atoms with van der Waals surface area (Å²) >= 11 is 0. The minimum absolute atomic E-state index is 0. The van der Waals surface area contributed by atoms with E-state index < -0.39 is 11.9 Å². The van der Waals surface area contributed by atoms with Crippen LogP contribution in [0.3, 0.4) is 0 Å². The highest BCUT2D eigenvalue weighted by Gasteiger charge is 2.24. The van der Waals surface area contributed by atoms with Gasteiger partial charge in [0.1, 0.15) is 24.2 Å². The molecule has 236 valence electrons. The lowest BCUT2D eigenvalue weighted by Gasteiger charge is -2.34. The average molecular weight is 644 g/mol. The van der Waals surface area contributed by atoms with Gasteiger partial charge in [-0.15, -0.1) is 29.9 Å². The molecule has 0 saturated carbocycles. The van der Waals surface area contributed by atoms with Gasteiger partial charge in [0.25, 0.3) is 5.91 Å². The molecule has 2 aromatic heterocycles. The highest BCUT2D eigenvalue weighted by Crippen LogP contribution is 2.30. The lowest BCUT2D eigenvalue weighted by atomic mass is 10.00. The number of anilines is 1. The SMILES string of the molecule is CCOC(=O)CNC(=O)c1cn2nc(NCCCN3CCC(OC(c4ccccc4)c4ccccc4)CC3)ccc2n1.Cl.Cl. The van der Waals surface area contributed by atoms with Gasteiger partial charge in [0.05, 0.1) is 18.9 Å². The van der Waals surface area contributed by atoms with E-state index in [1.165, 1.54) is 11.1 Å². The van der Waals surface area contributed by atoms with E-state index in [-0.39, 0.29) is 55.9 Å². The molecule has 0 radical (unpaired) electrons. The van der Waals surface area contributed by atoms with Crippen LogP contribution in [0.25, 0.3) is 5.65 Å². The second kappa shape index (κ2) is 17.6. The first-order valence-corrected chi connectivity index (χ1v) is 14.6. The first kappa shape index (κ1) is 34.8. The van der Waals surface area contributed by atoms with Crippen molar-refractivity contribution in [1.82, 2.24) is 24.8 Å². The minimum atomic E-state index is -0.489. The number of imidazole rings is 1. The predicted molar refractivity (Wildman–Crippen MR) is 175 cm³/mol. The second-order valence-electron chi connectivity index (χ2n) is 10.3. The molecule has 0 aliphatic carbocycles. The largest absolute Gasteiger partial charge is 0.465 e. The van der Waals surface area contributed by atoms with E-state index in [0.717, 1.165) is 45.4 Å². The van der Waals surface area contributed by atoms with E-state index >= 15 is 0 Å². The molecule has 1 amide bonds. The average Bonchev–Trinajstić information content (AvgIpc) is 3.46. The van der Waals surface area contributed by atoms with Crippen molar-refractivity contribution in [3.63, 3.8) is 0 Å². The van der Waals surface area contributed by atoms with E-state index in [0.29, 0.717) is 11.5 Å². The summed E-state index contributed by atoms with van der Waals surface area (Å²) in [6.45, 7) is 5.59. The second-order valence-corrected chi connectivity index (χ2v) is 10.3. The smallest absolute Gasteiger partial charge is 0.325 e. The number of nitrogens with one attached hydrogen (secondary N) is 2. The van der Waals surface area contributed by atoms with E-state index in [9.17, 15) is 9.59 Å². The Labute approximate surface area is 270 Å². The number of piperidine rings is 1. The number of likely N-dealkylation sites (tertiary alicyclic amines) is 1. The van der Waals surface area contributed by atoms with E-state index in [4.69, 9.17) is 9.47 Å². The summed E-state index contributed by atoms with van der Waals surface area (Å²) in [6.07, 6.45) is 4.73. The molecule has 12 heteroatoms. The maximum absolute atomic E-state index is 12.3. The molecule has 1 fully saturated rings. The first-order chi connectivity index (χ1) is 20.6. The van der Waals surface area contributed by atoms with E-state index in [1.807, 2.05) is 18.2 Å². The summed E-state index contributed by atoms with van der Waals surface area (Å²) in [5, 5.41) is 10.4. The zero-order valence-corrected chi connectivity index (χ0v) is 26.4. The molecule has 4 aromatic rings. The van der Waals surface area contributed by atoms with E-state index in [2.05, 4.69) is 74.1 Å². The van der Waals surface area contributed by atoms with Crippen molar-refractivity contribution in [2.45, 2.75) is 38.4 Å². The Morgan fingerprint density at radius 2 is 1.61 bits per heavy atom. The fourth-order valence-electron chi connectivity index (χ4n) is 5.13. The highest BCUT2D eigenvalue weighted by atomic mass is 35.5. The number of halogens is 2. The third-order valence-electron chi connectivity index (χ3n) is 7.28. The van der Waals surface area contributed by atoms with Crippen LogP contribution >= 0.6 is 24.8 Å². The lowest BCUT2D eigenvalue weighted by molar-refractivity contribution is -0.141. The number of ether oxygens (including phenoxy) is 2. The van der Waals surface area contributed by atoms with Gasteiger partial charge in [-0.3, -0.25) is 9.59 Å². The molecule has 10 nitrogen and oxygen atoms in total. The highest BCUT2D eigenvalue weighted by molar-refractivity contribution is 5.94. The van der Waals surface area contributed by atoms with Crippen LogP contribution in [0.5, 0.6) is 0 Å². The summed E-state index contributed by atoms with van der Waals surface area (Å²) < 4.78 is 13.1. The fourth-order valence-corrected chi connectivity index (χ4v) is 5.13. The van der Waals surface area contributed by atoms with Gasteiger partial charge in [-0.2, -0.15) is 0 Å². The number of benzene rings is 2. The molecule has 2 N–H and O–H groups in total. The van der Waals surface area contributed by atoms with Gasteiger partial charge >= 0.3 is 5.97 Å². The number of esters is 1. The fraction of sp³-hybridized carbons (Fsp3) is 0.375. The summed E-state index contributed by atoms with van der Waals surface area (Å²) in [4.78, 5) is 30.6. The van der Waals surface area contributed by atoms with Crippen molar-refractivity contribution >= 4 is 48.2 Å².